The molecular formula is C11H16N2O. The van der Waals surface area contributed by atoms with Gasteiger partial charge in [0.2, 0.25) is 0 Å². The molecule has 0 aliphatic heterocycles. The molecule has 0 amide bonds. The molecule has 1 N–H and O–H groups in total. The highest BCUT2D eigenvalue weighted by Crippen LogP contribution is 2.15. The smallest absolute Gasteiger partial charge is 0.306 e. The molecule has 0 fully saturated rings. The molecule has 2 aromatic rings. The van der Waals surface area contributed by atoms with Crippen LogP contribution < -0.4 is 5.69 Å². The fourth-order valence-corrected chi connectivity index (χ4v) is 1.69. The van der Waals surface area contributed by atoms with Crippen LogP contribution in [0, 0.1) is 0 Å². The summed E-state index contributed by atoms with van der Waals surface area (Å²) in [6.45, 7) is 4.14. The van der Waals surface area contributed by atoms with Crippen molar-refractivity contribution >= 4 is 11.0 Å². The van der Waals surface area contributed by atoms with Gasteiger partial charge in [0, 0.05) is 7.47 Å². The highest BCUT2D eigenvalue weighted by molar-refractivity contribution is 5.75. The summed E-state index contributed by atoms with van der Waals surface area (Å²) in [5.41, 5.74) is 1.89. The molecule has 3 nitrogen and oxygen atoms in total. The molecule has 0 saturated carbocycles. The van der Waals surface area contributed by atoms with Crippen LogP contribution in [0.1, 0.15) is 27.7 Å². The van der Waals surface area contributed by atoms with Gasteiger partial charge in [-0.3, -0.25) is 4.57 Å². The van der Waals surface area contributed by atoms with E-state index < -0.39 is 0 Å². The second-order valence-electron chi connectivity index (χ2n) is 3.57. The first kappa shape index (κ1) is 9.06. The number of imidazole rings is 1. The molecule has 0 saturated heterocycles. The Kier molecular flexibility index (Phi) is 2.15. The predicted octanol–water partition coefficient (Wildman–Crippen LogP) is 2.55. The Hall–Kier alpha value is -1.51. The number of hydrogen-bond acceptors (Lipinski definition) is 1. The molecule has 3 heteroatoms. The molecule has 1 heterocycles. The van der Waals surface area contributed by atoms with Gasteiger partial charge in [0.1, 0.15) is 0 Å². The molecule has 0 aliphatic carbocycles. The number of aromatic amines is 1. The first-order chi connectivity index (χ1) is 6.74. The summed E-state index contributed by atoms with van der Waals surface area (Å²) in [7, 11) is 0. The van der Waals surface area contributed by atoms with Gasteiger partial charge < -0.3 is 4.98 Å². The highest BCUT2D eigenvalue weighted by atomic mass is 16.1. The van der Waals surface area contributed by atoms with Gasteiger partial charge >= 0.3 is 5.69 Å². The third kappa shape index (κ3) is 1.25. The lowest BCUT2D eigenvalue weighted by molar-refractivity contribution is 0.530. The summed E-state index contributed by atoms with van der Waals surface area (Å²) in [6.07, 6.45) is 0.960. The van der Waals surface area contributed by atoms with Gasteiger partial charge in [-0.1, -0.05) is 19.1 Å². The molecule has 1 unspecified atom stereocenters. The van der Waals surface area contributed by atoms with Crippen molar-refractivity contribution in [3.63, 3.8) is 0 Å². The van der Waals surface area contributed by atoms with Crippen molar-refractivity contribution < 1.29 is 1.43 Å². The van der Waals surface area contributed by atoms with Crippen molar-refractivity contribution in [2.24, 2.45) is 0 Å². The van der Waals surface area contributed by atoms with Crippen LogP contribution in [0.2, 0.25) is 0 Å². The first-order valence-corrected chi connectivity index (χ1v) is 4.93. The van der Waals surface area contributed by atoms with E-state index in [1.54, 1.807) is 0 Å². The van der Waals surface area contributed by atoms with Crippen LogP contribution >= 0.6 is 0 Å². The Balaban J connectivity index is 0.00000112. The lowest BCUT2D eigenvalue weighted by Crippen LogP contribution is -2.19. The zero-order chi connectivity index (χ0) is 10.1. The summed E-state index contributed by atoms with van der Waals surface area (Å²) in [5, 5.41) is 0. The van der Waals surface area contributed by atoms with Gasteiger partial charge in [-0.05, 0) is 25.5 Å². The molecule has 2 rings (SSSR count). The Bertz CT molecular complexity index is 501. The van der Waals surface area contributed by atoms with Crippen molar-refractivity contribution in [2.45, 2.75) is 26.3 Å². The number of rotatable bonds is 2. The van der Waals surface area contributed by atoms with E-state index >= 15 is 0 Å². The Labute approximate surface area is 83.9 Å². The maximum absolute atomic E-state index is 11.6. The topological polar surface area (TPSA) is 37.8 Å². The van der Waals surface area contributed by atoms with Gasteiger partial charge in [0.15, 0.2) is 0 Å². The first-order valence-electron chi connectivity index (χ1n) is 4.93. The van der Waals surface area contributed by atoms with Crippen molar-refractivity contribution in [1.29, 1.82) is 0 Å². The number of hydrogen-bond donors (Lipinski definition) is 1. The number of fused-ring (bicyclic) bond motifs is 1. The largest absolute Gasteiger partial charge is 0.326 e. The number of aromatic nitrogens is 2. The number of H-pyrrole nitrogens is 1. The van der Waals surface area contributed by atoms with E-state index in [4.69, 9.17) is 0 Å². The van der Waals surface area contributed by atoms with E-state index in [1.807, 2.05) is 28.8 Å². The molecule has 1 atom stereocenters. The zero-order valence-electron chi connectivity index (χ0n) is 8.45. The Morgan fingerprint density at radius 3 is 2.93 bits per heavy atom. The number of para-hydroxylation sites is 2. The fourth-order valence-electron chi connectivity index (χ4n) is 1.69. The highest BCUT2D eigenvalue weighted by Gasteiger charge is 2.09. The minimum Gasteiger partial charge on any atom is -0.306 e. The summed E-state index contributed by atoms with van der Waals surface area (Å²) in [4.78, 5) is 14.5. The van der Waals surface area contributed by atoms with Crippen molar-refractivity contribution in [3.05, 3.63) is 34.7 Å². The van der Waals surface area contributed by atoms with Gasteiger partial charge in [0.25, 0.3) is 0 Å². The molecule has 76 valence electrons. The van der Waals surface area contributed by atoms with Gasteiger partial charge in [-0.2, -0.15) is 0 Å². The molecule has 0 spiro atoms. The lowest BCUT2D eigenvalue weighted by atomic mass is 10.2. The molecule has 0 bridgehead atoms. The van der Waals surface area contributed by atoms with E-state index in [1.165, 1.54) is 0 Å². The molecule has 0 radical (unpaired) electrons. The zero-order valence-corrected chi connectivity index (χ0v) is 8.45. The van der Waals surface area contributed by atoms with Crippen LogP contribution in [0.25, 0.3) is 11.0 Å². The summed E-state index contributed by atoms with van der Waals surface area (Å²) >= 11 is 0. The van der Waals surface area contributed by atoms with Crippen LogP contribution in [-0.4, -0.2) is 9.55 Å². The SMILES string of the molecule is CCC(C)n1c(=O)[nH]c2ccccc21.[HH]. The van der Waals surface area contributed by atoms with E-state index in [9.17, 15) is 4.79 Å². The maximum Gasteiger partial charge on any atom is 0.326 e. The number of nitrogens with one attached hydrogen (secondary N) is 1. The van der Waals surface area contributed by atoms with Crippen LogP contribution in [0.5, 0.6) is 0 Å². The molecular weight excluding hydrogens is 176 g/mol. The molecule has 14 heavy (non-hydrogen) atoms. The van der Waals surface area contributed by atoms with E-state index in [0.29, 0.717) is 0 Å². The van der Waals surface area contributed by atoms with Crippen molar-refractivity contribution in [1.82, 2.24) is 9.55 Å². The van der Waals surface area contributed by atoms with Crippen molar-refractivity contribution in [2.75, 3.05) is 0 Å². The second-order valence-corrected chi connectivity index (χ2v) is 3.57. The van der Waals surface area contributed by atoms with Crippen molar-refractivity contribution in [3.8, 4) is 0 Å². The summed E-state index contributed by atoms with van der Waals surface area (Å²) in [6, 6.07) is 8.03. The van der Waals surface area contributed by atoms with Gasteiger partial charge in [-0.15, -0.1) is 0 Å². The van der Waals surface area contributed by atoms with Gasteiger partial charge in [0.05, 0.1) is 11.0 Å². The Morgan fingerprint density at radius 1 is 1.50 bits per heavy atom. The fraction of sp³-hybridized carbons (Fsp3) is 0.364. The second kappa shape index (κ2) is 3.33. The van der Waals surface area contributed by atoms with E-state index in [-0.39, 0.29) is 13.2 Å². The molecule has 0 aliphatic rings. The van der Waals surface area contributed by atoms with E-state index in [0.717, 1.165) is 17.5 Å². The van der Waals surface area contributed by atoms with E-state index in [2.05, 4.69) is 18.8 Å². The number of benzene rings is 1. The average Bonchev–Trinajstić information content (AvgIpc) is 2.53. The van der Waals surface area contributed by atoms with Crippen LogP contribution in [0.4, 0.5) is 0 Å². The van der Waals surface area contributed by atoms with Gasteiger partial charge in [-0.25, -0.2) is 4.79 Å². The summed E-state index contributed by atoms with van der Waals surface area (Å²) in [5.74, 6) is 0. The average molecular weight is 192 g/mol. The maximum atomic E-state index is 11.6. The quantitative estimate of drug-likeness (QED) is 0.780. The predicted molar refractivity (Wildman–Crippen MR) is 59.7 cm³/mol. The summed E-state index contributed by atoms with van der Waals surface area (Å²) < 4.78 is 1.81. The minimum absolute atomic E-state index is 0. The monoisotopic (exact) mass is 192 g/mol. The number of nitrogens with zero attached hydrogens (tertiary/aromatic N) is 1. The lowest BCUT2D eigenvalue weighted by Gasteiger charge is -2.09. The minimum atomic E-state index is -0.0134. The van der Waals surface area contributed by atoms with Crippen LogP contribution in [0.15, 0.2) is 29.1 Å². The third-order valence-electron chi connectivity index (χ3n) is 2.66. The molecule has 1 aromatic carbocycles. The normalized spacial score (nSPS) is 13.3. The Morgan fingerprint density at radius 2 is 2.21 bits per heavy atom. The third-order valence-corrected chi connectivity index (χ3v) is 2.66. The molecule has 1 aromatic heterocycles. The van der Waals surface area contributed by atoms with Crippen LogP contribution in [-0.2, 0) is 0 Å². The van der Waals surface area contributed by atoms with Crippen LogP contribution in [0.3, 0.4) is 0 Å². The standard InChI is InChI=1S/C11H14N2O.H2/c1-3-8(2)13-10-7-5-4-6-9(10)12-11(13)14;/h4-8H,3H2,1-2H3,(H,12,14);1H.